The van der Waals surface area contributed by atoms with Crippen LogP contribution >= 0.6 is 0 Å². The number of aliphatic imine (C=N–C) groups is 1. The molecule has 0 aromatic carbocycles. The van der Waals surface area contributed by atoms with Gasteiger partial charge in [-0.1, -0.05) is 26.0 Å². The molecule has 27 heavy (non-hydrogen) atoms. The second-order valence-electron chi connectivity index (χ2n) is 7.21. The number of carbonyl (C=O) groups is 1. The Morgan fingerprint density at radius 1 is 1.30 bits per heavy atom. The molecule has 1 aliphatic carbocycles. The van der Waals surface area contributed by atoms with Crippen LogP contribution in [0.25, 0.3) is 0 Å². The molecule has 1 rings (SSSR count). The van der Waals surface area contributed by atoms with Crippen LogP contribution in [0.1, 0.15) is 46.5 Å². The van der Waals surface area contributed by atoms with Gasteiger partial charge in [0, 0.05) is 32.1 Å². The van der Waals surface area contributed by atoms with E-state index in [1.807, 2.05) is 30.1 Å². The summed E-state index contributed by atoms with van der Waals surface area (Å²) in [7, 11) is 1.69. The zero-order valence-electron chi connectivity index (χ0n) is 17.4. The smallest absolute Gasteiger partial charge is 0.210 e. The summed E-state index contributed by atoms with van der Waals surface area (Å²) in [5.74, 6) is 0.290. The number of allylic oxidation sites excluding steroid dienone is 3. The topological polar surface area (TPSA) is 51.1 Å². The highest BCUT2D eigenvalue weighted by Crippen LogP contribution is 2.26. The minimum Gasteiger partial charge on any atom is -0.385 e. The van der Waals surface area contributed by atoms with Gasteiger partial charge in [-0.25, -0.2) is 0 Å². The van der Waals surface area contributed by atoms with E-state index in [0.717, 1.165) is 43.5 Å². The van der Waals surface area contributed by atoms with Crippen LogP contribution in [0.3, 0.4) is 0 Å². The third kappa shape index (κ3) is 10.3. The Labute approximate surface area is 164 Å². The zero-order valence-corrected chi connectivity index (χ0v) is 17.4. The van der Waals surface area contributed by atoms with Crippen LogP contribution in [-0.2, 0) is 14.3 Å². The molecule has 0 saturated heterocycles. The van der Waals surface area contributed by atoms with E-state index in [0.29, 0.717) is 25.8 Å². The van der Waals surface area contributed by atoms with Crippen molar-refractivity contribution in [2.24, 2.45) is 10.9 Å². The molecule has 0 aromatic rings. The first-order valence-electron chi connectivity index (χ1n) is 9.90. The largest absolute Gasteiger partial charge is 0.385 e. The molecule has 1 atom stereocenters. The van der Waals surface area contributed by atoms with Gasteiger partial charge < -0.3 is 14.4 Å². The standard InChI is InChI=1S/C22H36N2O3/c1-6-7-8-10-22(18(2)3)23-20(16-24(17-25)21-11-12-21)15-19(4)27-14-9-13-26-5/h6,8,10,15,17-19,21H,1,7,9,11-14,16H2,2-5H3/b10-8-,20-15-,23-22+. The van der Waals surface area contributed by atoms with Crippen molar-refractivity contribution in [3.05, 3.63) is 36.6 Å². The molecule has 5 heteroatoms. The molecular weight excluding hydrogens is 340 g/mol. The van der Waals surface area contributed by atoms with Crippen LogP contribution in [0.4, 0.5) is 0 Å². The Morgan fingerprint density at radius 2 is 2.04 bits per heavy atom. The fourth-order valence-electron chi connectivity index (χ4n) is 2.57. The number of methoxy groups -OCH3 is 1. The molecule has 0 heterocycles. The molecule has 0 N–H and O–H groups in total. The van der Waals surface area contributed by atoms with Crippen molar-refractivity contribution in [3.8, 4) is 0 Å². The lowest BCUT2D eigenvalue weighted by atomic mass is 10.1. The average molecular weight is 377 g/mol. The predicted molar refractivity (Wildman–Crippen MR) is 112 cm³/mol. The van der Waals surface area contributed by atoms with Crippen molar-refractivity contribution in [1.29, 1.82) is 0 Å². The number of ether oxygens (including phenoxy) is 2. The molecule has 1 unspecified atom stereocenters. The summed E-state index contributed by atoms with van der Waals surface area (Å²) < 4.78 is 10.9. The second kappa shape index (κ2) is 13.4. The summed E-state index contributed by atoms with van der Waals surface area (Å²) in [5.41, 5.74) is 1.87. The molecule has 0 spiro atoms. The Bertz CT molecular complexity index is 534. The van der Waals surface area contributed by atoms with E-state index in [4.69, 9.17) is 14.5 Å². The normalized spacial score (nSPS) is 16.8. The molecule has 1 amide bonds. The highest BCUT2D eigenvalue weighted by atomic mass is 16.5. The zero-order chi connectivity index (χ0) is 20.1. The molecule has 0 radical (unpaired) electrons. The maximum atomic E-state index is 11.5. The van der Waals surface area contributed by atoms with E-state index in [1.165, 1.54) is 0 Å². The molecular formula is C22H36N2O3. The van der Waals surface area contributed by atoms with Crippen molar-refractivity contribution in [1.82, 2.24) is 4.90 Å². The third-order valence-electron chi connectivity index (χ3n) is 4.25. The van der Waals surface area contributed by atoms with Gasteiger partial charge in [-0.3, -0.25) is 9.79 Å². The molecule has 0 aliphatic heterocycles. The van der Waals surface area contributed by atoms with Gasteiger partial charge in [0.15, 0.2) is 0 Å². The third-order valence-corrected chi connectivity index (χ3v) is 4.25. The van der Waals surface area contributed by atoms with Crippen molar-refractivity contribution in [2.45, 2.75) is 58.6 Å². The van der Waals surface area contributed by atoms with Gasteiger partial charge in [0.1, 0.15) is 0 Å². The first kappa shape index (κ1) is 23.3. The van der Waals surface area contributed by atoms with Gasteiger partial charge in [0.2, 0.25) is 6.41 Å². The number of amides is 1. The number of rotatable bonds is 15. The van der Waals surface area contributed by atoms with Crippen LogP contribution in [-0.4, -0.2) is 56.0 Å². The Balaban J connectivity index is 2.92. The molecule has 5 nitrogen and oxygen atoms in total. The van der Waals surface area contributed by atoms with E-state index in [9.17, 15) is 4.79 Å². The van der Waals surface area contributed by atoms with Crippen molar-refractivity contribution in [3.63, 3.8) is 0 Å². The maximum Gasteiger partial charge on any atom is 0.210 e. The minimum absolute atomic E-state index is 0.0705. The Kier molecular flexibility index (Phi) is 11.6. The molecule has 0 bridgehead atoms. The summed E-state index contributed by atoms with van der Waals surface area (Å²) in [6.45, 7) is 11.8. The summed E-state index contributed by atoms with van der Waals surface area (Å²) in [6.07, 6.45) is 12.7. The summed E-state index contributed by atoms with van der Waals surface area (Å²) in [6, 6.07) is 0.359. The fraction of sp³-hybridized carbons (Fsp3) is 0.636. The van der Waals surface area contributed by atoms with Crippen molar-refractivity contribution < 1.29 is 14.3 Å². The van der Waals surface area contributed by atoms with Crippen LogP contribution in [0.2, 0.25) is 0 Å². The summed E-state index contributed by atoms with van der Waals surface area (Å²) >= 11 is 0. The van der Waals surface area contributed by atoms with Crippen LogP contribution in [0, 0.1) is 5.92 Å². The summed E-state index contributed by atoms with van der Waals surface area (Å²) in [5, 5.41) is 0. The van der Waals surface area contributed by atoms with Crippen LogP contribution < -0.4 is 0 Å². The monoisotopic (exact) mass is 376 g/mol. The lowest BCUT2D eigenvalue weighted by molar-refractivity contribution is -0.118. The Hall–Kier alpha value is -1.72. The minimum atomic E-state index is -0.0705. The maximum absolute atomic E-state index is 11.5. The Morgan fingerprint density at radius 3 is 2.59 bits per heavy atom. The predicted octanol–water partition coefficient (Wildman–Crippen LogP) is 4.16. The molecule has 1 saturated carbocycles. The molecule has 1 aliphatic rings. The van der Waals surface area contributed by atoms with E-state index in [1.54, 1.807) is 7.11 Å². The van der Waals surface area contributed by atoms with Crippen LogP contribution in [0.5, 0.6) is 0 Å². The van der Waals surface area contributed by atoms with E-state index in [-0.39, 0.29) is 12.0 Å². The fourth-order valence-corrected chi connectivity index (χ4v) is 2.57. The van der Waals surface area contributed by atoms with Gasteiger partial charge in [-0.05, 0) is 50.7 Å². The van der Waals surface area contributed by atoms with E-state index < -0.39 is 0 Å². The lowest BCUT2D eigenvalue weighted by Gasteiger charge is -2.19. The highest BCUT2D eigenvalue weighted by Gasteiger charge is 2.28. The quantitative estimate of drug-likeness (QED) is 0.187. The van der Waals surface area contributed by atoms with Gasteiger partial charge in [0.05, 0.1) is 18.3 Å². The lowest BCUT2D eigenvalue weighted by Crippen LogP contribution is -2.27. The number of carbonyl (C=O) groups excluding carboxylic acids is 1. The summed E-state index contributed by atoms with van der Waals surface area (Å²) in [4.78, 5) is 18.2. The van der Waals surface area contributed by atoms with Crippen molar-refractivity contribution >= 4 is 12.1 Å². The first-order valence-corrected chi connectivity index (χ1v) is 9.90. The van der Waals surface area contributed by atoms with Gasteiger partial charge in [-0.15, -0.1) is 6.58 Å². The molecule has 0 aromatic heterocycles. The average Bonchev–Trinajstić information content (AvgIpc) is 3.47. The van der Waals surface area contributed by atoms with E-state index >= 15 is 0 Å². The molecule has 152 valence electrons. The number of nitrogens with zero attached hydrogens (tertiary/aromatic N) is 2. The molecule has 1 fully saturated rings. The first-order chi connectivity index (χ1) is 13.0. The van der Waals surface area contributed by atoms with Gasteiger partial charge in [-0.2, -0.15) is 0 Å². The number of hydrogen-bond acceptors (Lipinski definition) is 4. The van der Waals surface area contributed by atoms with Gasteiger partial charge >= 0.3 is 0 Å². The van der Waals surface area contributed by atoms with E-state index in [2.05, 4.69) is 26.5 Å². The SMILES string of the molecule is C=CC\C=C/C(=N\C(=C/C(C)OCCCOC)CN(C=O)C1CC1)C(C)C. The van der Waals surface area contributed by atoms with Crippen molar-refractivity contribution in [2.75, 3.05) is 26.9 Å². The highest BCUT2D eigenvalue weighted by molar-refractivity contribution is 5.97. The number of hydrogen-bond donors (Lipinski definition) is 0. The van der Waals surface area contributed by atoms with Gasteiger partial charge in [0.25, 0.3) is 0 Å². The van der Waals surface area contributed by atoms with Crippen LogP contribution in [0.15, 0.2) is 41.6 Å². The second-order valence-corrected chi connectivity index (χ2v) is 7.21.